The molecule has 0 aromatic rings. The van der Waals surface area contributed by atoms with Crippen molar-refractivity contribution < 1.29 is 14.9 Å². The molecule has 0 bridgehead atoms. The fraction of sp³-hybridized carbons (Fsp3) is 1.00. The first kappa shape index (κ1) is 14.2. The minimum Gasteiger partial charge on any atom is -0.395 e. The molecule has 2 saturated heterocycles. The maximum atomic E-state index is 9.96. The predicted molar refractivity (Wildman–Crippen MR) is 69.5 cm³/mol. The number of hydrogen-bond acceptors (Lipinski definition) is 5. The van der Waals surface area contributed by atoms with E-state index in [1.165, 1.54) is 0 Å². The maximum absolute atomic E-state index is 9.96. The molecule has 5 nitrogen and oxygen atoms in total. The lowest BCUT2D eigenvalue weighted by Crippen LogP contribution is -2.42. The first-order chi connectivity index (χ1) is 8.79. The van der Waals surface area contributed by atoms with Crippen LogP contribution in [0, 0.1) is 5.92 Å². The molecular formula is C13H26N2O3. The van der Waals surface area contributed by atoms with Crippen LogP contribution in [0.2, 0.25) is 0 Å². The fourth-order valence-electron chi connectivity index (χ4n) is 2.86. The van der Waals surface area contributed by atoms with Crippen LogP contribution < -0.4 is 0 Å². The molecule has 2 heterocycles. The van der Waals surface area contributed by atoms with Crippen molar-refractivity contribution in [1.82, 2.24) is 9.80 Å². The van der Waals surface area contributed by atoms with Crippen LogP contribution in [0.4, 0.5) is 0 Å². The lowest BCUT2D eigenvalue weighted by molar-refractivity contribution is -0.0462. The molecule has 5 heteroatoms. The highest BCUT2D eigenvalue weighted by Crippen LogP contribution is 2.17. The van der Waals surface area contributed by atoms with E-state index in [2.05, 4.69) is 9.80 Å². The van der Waals surface area contributed by atoms with Gasteiger partial charge in [0, 0.05) is 38.7 Å². The quantitative estimate of drug-likeness (QED) is 0.704. The largest absolute Gasteiger partial charge is 0.395 e. The molecule has 0 aliphatic carbocycles. The third-order valence-electron chi connectivity index (χ3n) is 4.02. The van der Waals surface area contributed by atoms with Crippen molar-refractivity contribution >= 4 is 0 Å². The normalized spacial score (nSPS) is 32.3. The zero-order valence-corrected chi connectivity index (χ0v) is 11.1. The molecule has 0 aromatic heterocycles. The molecule has 2 rings (SSSR count). The Kier molecular flexibility index (Phi) is 5.85. The van der Waals surface area contributed by atoms with E-state index >= 15 is 0 Å². The van der Waals surface area contributed by atoms with Crippen LogP contribution in [0.25, 0.3) is 0 Å². The number of aliphatic hydroxyl groups excluding tert-OH is 2. The van der Waals surface area contributed by atoms with Crippen molar-refractivity contribution in [3.8, 4) is 0 Å². The molecule has 2 aliphatic heterocycles. The number of hydrogen-bond donors (Lipinski definition) is 2. The zero-order valence-electron chi connectivity index (χ0n) is 11.1. The molecule has 2 atom stereocenters. The highest BCUT2D eigenvalue weighted by atomic mass is 16.5. The first-order valence-corrected chi connectivity index (χ1v) is 7.11. The molecule has 0 spiro atoms. The van der Waals surface area contributed by atoms with Gasteiger partial charge in [-0.05, 0) is 25.9 Å². The Labute approximate surface area is 109 Å². The van der Waals surface area contributed by atoms with Crippen molar-refractivity contribution in [3.05, 3.63) is 0 Å². The van der Waals surface area contributed by atoms with E-state index in [9.17, 15) is 5.11 Å². The zero-order chi connectivity index (χ0) is 12.8. The van der Waals surface area contributed by atoms with E-state index in [1.807, 2.05) is 0 Å². The summed E-state index contributed by atoms with van der Waals surface area (Å²) < 4.78 is 5.45. The third kappa shape index (κ3) is 4.17. The molecule has 2 aliphatic rings. The summed E-state index contributed by atoms with van der Waals surface area (Å²) in [5.74, 6) is 0.267. The van der Waals surface area contributed by atoms with Crippen LogP contribution in [-0.4, -0.2) is 85.2 Å². The monoisotopic (exact) mass is 258 g/mol. The lowest BCUT2D eigenvalue weighted by atomic mass is 9.98. The van der Waals surface area contributed by atoms with Gasteiger partial charge in [-0.3, -0.25) is 4.90 Å². The Hall–Kier alpha value is -0.200. The number of ether oxygens (including phenoxy) is 1. The Morgan fingerprint density at radius 3 is 2.67 bits per heavy atom. The maximum Gasteiger partial charge on any atom is 0.0624 e. The Morgan fingerprint density at radius 1 is 1.11 bits per heavy atom. The molecule has 0 aromatic carbocycles. The molecule has 0 radical (unpaired) electrons. The molecular weight excluding hydrogens is 232 g/mol. The topological polar surface area (TPSA) is 56.2 Å². The summed E-state index contributed by atoms with van der Waals surface area (Å²) in [5, 5.41) is 18.9. The SMILES string of the molecule is OCCN1CCCN(CC2COCCC2O)CC1. The van der Waals surface area contributed by atoms with Gasteiger partial charge < -0.3 is 19.8 Å². The van der Waals surface area contributed by atoms with Crippen molar-refractivity contribution in [1.29, 1.82) is 0 Å². The van der Waals surface area contributed by atoms with Crippen molar-refractivity contribution in [2.45, 2.75) is 18.9 Å². The van der Waals surface area contributed by atoms with Crippen molar-refractivity contribution in [2.75, 3.05) is 59.1 Å². The van der Waals surface area contributed by atoms with Crippen LogP contribution in [0.5, 0.6) is 0 Å². The van der Waals surface area contributed by atoms with Gasteiger partial charge in [-0.25, -0.2) is 0 Å². The molecule has 2 unspecified atom stereocenters. The number of aliphatic hydroxyl groups is 2. The second-order valence-corrected chi connectivity index (χ2v) is 5.41. The third-order valence-corrected chi connectivity index (χ3v) is 4.02. The highest BCUT2D eigenvalue weighted by Gasteiger charge is 2.26. The van der Waals surface area contributed by atoms with Crippen LogP contribution >= 0.6 is 0 Å². The van der Waals surface area contributed by atoms with E-state index in [-0.39, 0.29) is 18.6 Å². The lowest BCUT2D eigenvalue weighted by Gasteiger charge is -2.32. The fourth-order valence-corrected chi connectivity index (χ4v) is 2.86. The van der Waals surface area contributed by atoms with Crippen molar-refractivity contribution in [2.24, 2.45) is 5.92 Å². The molecule has 0 amide bonds. The van der Waals surface area contributed by atoms with Gasteiger partial charge in [0.1, 0.15) is 0 Å². The van der Waals surface area contributed by atoms with Gasteiger partial charge in [-0.1, -0.05) is 0 Å². The predicted octanol–water partition coefficient (Wildman–Crippen LogP) is -0.616. The van der Waals surface area contributed by atoms with E-state index in [1.54, 1.807) is 0 Å². The molecule has 2 fully saturated rings. The summed E-state index contributed by atoms with van der Waals surface area (Å²) in [7, 11) is 0. The van der Waals surface area contributed by atoms with Gasteiger partial charge in [0.05, 0.1) is 19.3 Å². The second-order valence-electron chi connectivity index (χ2n) is 5.41. The number of nitrogens with zero attached hydrogens (tertiary/aromatic N) is 2. The molecule has 2 N–H and O–H groups in total. The molecule has 106 valence electrons. The Morgan fingerprint density at radius 2 is 1.89 bits per heavy atom. The second kappa shape index (κ2) is 7.40. The van der Waals surface area contributed by atoms with Gasteiger partial charge in [-0.15, -0.1) is 0 Å². The highest BCUT2D eigenvalue weighted by molar-refractivity contribution is 4.78. The van der Waals surface area contributed by atoms with Gasteiger partial charge in [-0.2, -0.15) is 0 Å². The van der Waals surface area contributed by atoms with Crippen LogP contribution in [0.15, 0.2) is 0 Å². The molecule has 18 heavy (non-hydrogen) atoms. The molecule has 0 saturated carbocycles. The summed E-state index contributed by atoms with van der Waals surface area (Å²) in [6.45, 7) is 7.56. The summed E-state index contributed by atoms with van der Waals surface area (Å²) in [6, 6.07) is 0. The minimum atomic E-state index is -0.199. The standard InChI is InChI=1S/C13H26N2O3/c16-8-7-14-3-1-4-15(6-5-14)10-12-11-18-9-2-13(12)17/h12-13,16-17H,1-11H2. The van der Waals surface area contributed by atoms with Gasteiger partial charge in [0.15, 0.2) is 0 Å². The van der Waals surface area contributed by atoms with Crippen LogP contribution in [-0.2, 0) is 4.74 Å². The Balaban J connectivity index is 1.75. The number of β-amino-alcohol motifs (C(OH)–C–C–N with tert-alkyl or cyclic N) is 1. The van der Waals surface area contributed by atoms with Gasteiger partial charge in [0.2, 0.25) is 0 Å². The summed E-state index contributed by atoms with van der Waals surface area (Å²) in [4.78, 5) is 4.74. The summed E-state index contributed by atoms with van der Waals surface area (Å²) >= 11 is 0. The smallest absolute Gasteiger partial charge is 0.0624 e. The van der Waals surface area contributed by atoms with Gasteiger partial charge >= 0.3 is 0 Å². The summed E-state index contributed by atoms with van der Waals surface area (Å²) in [6.07, 6.45) is 1.72. The minimum absolute atomic E-state index is 0.199. The van der Waals surface area contributed by atoms with Crippen molar-refractivity contribution in [3.63, 3.8) is 0 Å². The van der Waals surface area contributed by atoms with Crippen LogP contribution in [0.1, 0.15) is 12.8 Å². The van der Waals surface area contributed by atoms with E-state index in [0.717, 1.165) is 52.1 Å². The Bertz CT molecular complexity index is 240. The van der Waals surface area contributed by atoms with Crippen LogP contribution in [0.3, 0.4) is 0 Å². The summed E-state index contributed by atoms with van der Waals surface area (Å²) in [5.41, 5.74) is 0. The number of rotatable bonds is 4. The van der Waals surface area contributed by atoms with E-state index < -0.39 is 0 Å². The van der Waals surface area contributed by atoms with E-state index in [4.69, 9.17) is 9.84 Å². The van der Waals surface area contributed by atoms with Gasteiger partial charge in [0.25, 0.3) is 0 Å². The first-order valence-electron chi connectivity index (χ1n) is 7.11. The van der Waals surface area contributed by atoms with E-state index in [0.29, 0.717) is 13.2 Å². The average molecular weight is 258 g/mol. The average Bonchev–Trinajstić information content (AvgIpc) is 2.59.